The fraction of sp³-hybridized carbons (Fsp3) is 0.818. The molecule has 0 aromatic heterocycles. The van der Waals surface area contributed by atoms with Gasteiger partial charge in [0.25, 0.3) is 0 Å². The Labute approximate surface area is 89.3 Å². The third kappa shape index (κ3) is 1.85. The van der Waals surface area contributed by atoms with Crippen molar-refractivity contribution in [2.45, 2.75) is 32.6 Å². The normalized spacial score (nSPS) is 35.0. The number of likely N-dealkylation sites (tertiary alicyclic amines) is 1. The first-order valence-electron chi connectivity index (χ1n) is 5.51. The topological polar surface area (TPSA) is 57.6 Å². The van der Waals surface area contributed by atoms with E-state index in [0.29, 0.717) is 0 Å². The molecule has 0 radical (unpaired) electrons. The Morgan fingerprint density at radius 3 is 2.60 bits per heavy atom. The highest BCUT2D eigenvalue weighted by atomic mass is 16.4. The van der Waals surface area contributed by atoms with E-state index in [9.17, 15) is 9.59 Å². The molecule has 4 nitrogen and oxygen atoms in total. The zero-order chi connectivity index (χ0) is 11.1. The van der Waals surface area contributed by atoms with E-state index in [1.807, 2.05) is 4.90 Å². The fourth-order valence-corrected chi connectivity index (χ4v) is 2.99. The van der Waals surface area contributed by atoms with Crippen molar-refractivity contribution < 1.29 is 14.7 Å². The van der Waals surface area contributed by atoms with Gasteiger partial charge in [-0.3, -0.25) is 9.59 Å². The lowest BCUT2D eigenvalue weighted by molar-refractivity contribution is -0.141. The van der Waals surface area contributed by atoms with Crippen molar-refractivity contribution in [3.8, 4) is 0 Å². The summed E-state index contributed by atoms with van der Waals surface area (Å²) in [7, 11) is 0. The molecule has 2 fully saturated rings. The Kier molecular flexibility index (Phi) is 2.44. The Balaban J connectivity index is 2.00. The van der Waals surface area contributed by atoms with Crippen LogP contribution in [0.25, 0.3) is 0 Å². The summed E-state index contributed by atoms with van der Waals surface area (Å²) in [6, 6.07) is 0. The molecule has 1 saturated carbocycles. The monoisotopic (exact) mass is 211 g/mol. The van der Waals surface area contributed by atoms with Crippen LogP contribution in [-0.2, 0) is 9.59 Å². The van der Waals surface area contributed by atoms with Crippen LogP contribution < -0.4 is 0 Å². The van der Waals surface area contributed by atoms with Crippen LogP contribution in [0.1, 0.15) is 32.6 Å². The van der Waals surface area contributed by atoms with Gasteiger partial charge in [-0.1, -0.05) is 0 Å². The van der Waals surface area contributed by atoms with Gasteiger partial charge in [-0.2, -0.15) is 0 Å². The molecule has 2 atom stereocenters. The van der Waals surface area contributed by atoms with Crippen molar-refractivity contribution in [3.63, 3.8) is 0 Å². The predicted octanol–water partition coefficient (Wildman–Crippen LogP) is 1.11. The molecule has 1 spiro atoms. The van der Waals surface area contributed by atoms with Crippen LogP contribution in [-0.4, -0.2) is 35.0 Å². The number of aliphatic carboxylic acids is 1. The molecule has 2 rings (SSSR count). The van der Waals surface area contributed by atoms with E-state index >= 15 is 0 Å². The minimum Gasteiger partial charge on any atom is -0.481 e. The van der Waals surface area contributed by atoms with Crippen LogP contribution in [0.15, 0.2) is 0 Å². The zero-order valence-electron chi connectivity index (χ0n) is 9.03. The van der Waals surface area contributed by atoms with Crippen LogP contribution in [0.5, 0.6) is 0 Å². The number of rotatable bonds is 1. The smallest absolute Gasteiger partial charge is 0.306 e. The highest BCUT2D eigenvalue weighted by molar-refractivity contribution is 5.74. The van der Waals surface area contributed by atoms with E-state index in [2.05, 4.69) is 0 Å². The van der Waals surface area contributed by atoms with Crippen molar-refractivity contribution in [1.82, 2.24) is 4.90 Å². The lowest BCUT2D eigenvalue weighted by Gasteiger charge is -2.23. The molecule has 2 aliphatic rings. The summed E-state index contributed by atoms with van der Waals surface area (Å²) in [5.41, 5.74) is 0.120. The molecule has 1 N–H and O–H groups in total. The number of nitrogens with zero attached hydrogens (tertiary/aromatic N) is 1. The number of carbonyl (C=O) groups excluding carboxylic acids is 1. The molecular weight excluding hydrogens is 194 g/mol. The van der Waals surface area contributed by atoms with Crippen LogP contribution in [0.3, 0.4) is 0 Å². The minimum absolute atomic E-state index is 0.116. The van der Waals surface area contributed by atoms with E-state index < -0.39 is 5.97 Å². The molecule has 0 unspecified atom stereocenters. The predicted molar refractivity (Wildman–Crippen MR) is 54.3 cm³/mol. The first kappa shape index (κ1) is 10.5. The van der Waals surface area contributed by atoms with Gasteiger partial charge in [-0.25, -0.2) is 0 Å². The third-order valence-corrected chi connectivity index (χ3v) is 3.94. The SMILES string of the molecule is CC(=O)N1CC[C@]2(CC[C@@H](C(=O)O)C2)C1. The average Bonchev–Trinajstić information content (AvgIpc) is 2.74. The number of carbonyl (C=O) groups is 2. The minimum atomic E-state index is -0.673. The zero-order valence-corrected chi connectivity index (χ0v) is 9.03. The molecule has 1 saturated heterocycles. The summed E-state index contributed by atoms with van der Waals surface area (Å²) in [6.45, 7) is 3.16. The Morgan fingerprint density at radius 1 is 1.40 bits per heavy atom. The molecule has 1 amide bonds. The number of hydrogen-bond donors (Lipinski definition) is 1. The highest BCUT2D eigenvalue weighted by Gasteiger charge is 2.46. The van der Waals surface area contributed by atoms with E-state index in [-0.39, 0.29) is 17.2 Å². The quantitative estimate of drug-likeness (QED) is 0.706. The molecule has 4 heteroatoms. The second kappa shape index (κ2) is 3.51. The highest BCUT2D eigenvalue weighted by Crippen LogP contribution is 2.48. The molecule has 0 aromatic rings. The maximum absolute atomic E-state index is 11.2. The van der Waals surface area contributed by atoms with Crippen molar-refractivity contribution in [2.75, 3.05) is 13.1 Å². The van der Waals surface area contributed by atoms with E-state index in [1.54, 1.807) is 6.92 Å². The van der Waals surface area contributed by atoms with Crippen molar-refractivity contribution in [2.24, 2.45) is 11.3 Å². The lowest BCUT2D eigenvalue weighted by Crippen LogP contribution is -2.29. The van der Waals surface area contributed by atoms with Crippen LogP contribution in [0, 0.1) is 11.3 Å². The molecule has 1 aliphatic heterocycles. The molecule has 84 valence electrons. The number of carboxylic acid groups (broad SMARTS) is 1. The van der Waals surface area contributed by atoms with Gasteiger partial charge in [0, 0.05) is 20.0 Å². The molecule has 1 aliphatic carbocycles. The van der Waals surface area contributed by atoms with Crippen molar-refractivity contribution in [1.29, 1.82) is 0 Å². The summed E-state index contributed by atoms with van der Waals surface area (Å²) in [4.78, 5) is 23.9. The Bertz CT molecular complexity index is 270. The third-order valence-electron chi connectivity index (χ3n) is 3.94. The first-order chi connectivity index (χ1) is 7.02. The summed E-state index contributed by atoms with van der Waals surface area (Å²) >= 11 is 0. The van der Waals surface area contributed by atoms with Crippen LogP contribution in [0.2, 0.25) is 0 Å². The molecular formula is C11H17NO3. The maximum Gasteiger partial charge on any atom is 0.306 e. The van der Waals surface area contributed by atoms with Gasteiger partial charge in [0.1, 0.15) is 0 Å². The van der Waals surface area contributed by atoms with Crippen LogP contribution in [0.4, 0.5) is 0 Å². The van der Waals surface area contributed by atoms with Crippen molar-refractivity contribution in [3.05, 3.63) is 0 Å². The van der Waals surface area contributed by atoms with E-state index in [1.165, 1.54) is 0 Å². The number of carboxylic acids is 1. The van der Waals surface area contributed by atoms with Gasteiger partial charge in [-0.05, 0) is 31.1 Å². The van der Waals surface area contributed by atoms with E-state index in [0.717, 1.165) is 38.8 Å². The first-order valence-corrected chi connectivity index (χ1v) is 5.51. The second-order valence-electron chi connectivity index (χ2n) is 4.97. The van der Waals surface area contributed by atoms with Gasteiger partial charge < -0.3 is 10.0 Å². The van der Waals surface area contributed by atoms with Gasteiger partial charge in [0.2, 0.25) is 5.91 Å². The summed E-state index contributed by atoms with van der Waals surface area (Å²) in [5, 5.41) is 8.95. The summed E-state index contributed by atoms with van der Waals surface area (Å²) < 4.78 is 0. The summed E-state index contributed by atoms with van der Waals surface area (Å²) in [5.74, 6) is -0.740. The van der Waals surface area contributed by atoms with Gasteiger partial charge in [0.15, 0.2) is 0 Å². The molecule has 1 heterocycles. The summed E-state index contributed by atoms with van der Waals surface area (Å²) in [6.07, 6.45) is 3.48. The van der Waals surface area contributed by atoms with Crippen LogP contribution >= 0.6 is 0 Å². The van der Waals surface area contributed by atoms with Gasteiger partial charge in [0.05, 0.1) is 5.92 Å². The fourth-order valence-electron chi connectivity index (χ4n) is 2.99. The largest absolute Gasteiger partial charge is 0.481 e. The van der Waals surface area contributed by atoms with E-state index in [4.69, 9.17) is 5.11 Å². The number of hydrogen-bond acceptors (Lipinski definition) is 2. The number of amides is 1. The lowest BCUT2D eigenvalue weighted by atomic mass is 9.84. The second-order valence-corrected chi connectivity index (χ2v) is 4.97. The molecule has 15 heavy (non-hydrogen) atoms. The van der Waals surface area contributed by atoms with Crippen molar-refractivity contribution >= 4 is 11.9 Å². The average molecular weight is 211 g/mol. The Morgan fingerprint density at radius 2 is 2.13 bits per heavy atom. The maximum atomic E-state index is 11.2. The van der Waals surface area contributed by atoms with Gasteiger partial charge in [-0.15, -0.1) is 0 Å². The standard InChI is InChI=1S/C11H17NO3/c1-8(13)12-5-4-11(7-12)3-2-9(6-11)10(14)15/h9H,2-7H2,1H3,(H,14,15)/t9-,11+/m1/s1. The Hall–Kier alpha value is -1.06. The molecule has 0 aromatic carbocycles. The van der Waals surface area contributed by atoms with Gasteiger partial charge >= 0.3 is 5.97 Å². The molecule has 0 bridgehead atoms.